The Morgan fingerprint density at radius 1 is 1.15 bits per heavy atom. The fraction of sp³-hybridized carbons (Fsp3) is 0.567. The number of ketones is 2. The second-order valence-corrected chi connectivity index (χ2v) is 12.8. The molecule has 0 radical (unpaired) electrons. The Balaban J connectivity index is 1.51. The van der Waals surface area contributed by atoms with Crippen molar-refractivity contribution in [1.29, 1.82) is 0 Å². The van der Waals surface area contributed by atoms with Crippen LogP contribution < -0.4 is 10.5 Å². The number of allylic oxidation sites excluding steroid dienone is 2. The van der Waals surface area contributed by atoms with Gasteiger partial charge in [0.1, 0.15) is 28.6 Å². The number of methoxy groups -OCH3 is 1. The van der Waals surface area contributed by atoms with E-state index in [0.717, 1.165) is 31.5 Å². The maximum Gasteiger partial charge on any atom is 0.255 e. The minimum Gasteiger partial charge on any atom is -0.511 e. The number of aromatic hydroxyl groups is 1. The number of phenolic OH excluding ortho intramolecular Hbond substituents is 1. The van der Waals surface area contributed by atoms with Crippen LogP contribution in [0.15, 0.2) is 28.7 Å². The number of aliphatic hydroxyl groups excluding tert-OH is 2. The van der Waals surface area contributed by atoms with Crippen LogP contribution >= 0.6 is 0 Å². The van der Waals surface area contributed by atoms with Gasteiger partial charge in [-0.15, -0.1) is 0 Å². The highest BCUT2D eigenvalue weighted by molar-refractivity contribution is 6.24. The van der Waals surface area contributed by atoms with Gasteiger partial charge in [-0.1, -0.05) is 20.8 Å². The minimum atomic E-state index is -2.57. The number of aliphatic hydroxyl groups is 3. The van der Waals surface area contributed by atoms with Gasteiger partial charge in [0.05, 0.1) is 12.7 Å². The maximum atomic E-state index is 13.8. The number of benzene rings is 1. The summed E-state index contributed by atoms with van der Waals surface area (Å²) in [5.74, 6) is -5.29. The van der Waals surface area contributed by atoms with Crippen LogP contribution in [-0.2, 0) is 22.6 Å². The number of nitrogens with two attached hydrogens (primary N) is 1. The van der Waals surface area contributed by atoms with Crippen molar-refractivity contribution in [2.45, 2.75) is 65.0 Å². The van der Waals surface area contributed by atoms with Gasteiger partial charge in [-0.25, -0.2) is 0 Å². The lowest BCUT2D eigenvalue weighted by molar-refractivity contribution is -0.144. The third kappa shape index (κ3) is 4.19. The normalized spacial score (nSPS) is 27.8. The van der Waals surface area contributed by atoms with E-state index in [1.54, 1.807) is 0 Å². The zero-order valence-corrected chi connectivity index (χ0v) is 23.4. The second kappa shape index (κ2) is 9.62. The predicted octanol–water partition coefficient (Wildman–Crippen LogP) is 2.85. The van der Waals surface area contributed by atoms with Crippen LogP contribution in [0.3, 0.4) is 0 Å². The Morgan fingerprint density at radius 3 is 2.38 bits per heavy atom. The smallest absolute Gasteiger partial charge is 0.255 e. The summed E-state index contributed by atoms with van der Waals surface area (Å²) in [6.45, 7) is 9.14. The number of piperidine rings is 1. The zero-order chi connectivity index (χ0) is 29.3. The van der Waals surface area contributed by atoms with Crippen LogP contribution in [0.5, 0.6) is 11.5 Å². The lowest BCUT2D eigenvalue weighted by atomic mass is 9.60. The summed E-state index contributed by atoms with van der Waals surface area (Å²) in [5.41, 5.74) is 3.18. The fourth-order valence-corrected chi connectivity index (χ4v) is 7.30. The molecule has 4 aliphatic rings. The van der Waals surface area contributed by atoms with Gasteiger partial charge in [0, 0.05) is 35.6 Å². The van der Waals surface area contributed by atoms with E-state index in [9.17, 15) is 34.8 Å². The van der Waals surface area contributed by atoms with Crippen LogP contribution in [0.25, 0.3) is 0 Å². The molecule has 5 rings (SSSR count). The first-order valence-electron chi connectivity index (χ1n) is 13.8. The predicted molar refractivity (Wildman–Crippen MR) is 145 cm³/mol. The molecule has 1 aromatic carbocycles. The van der Waals surface area contributed by atoms with Crippen LogP contribution in [0.1, 0.15) is 67.9 Å². The van der Waals surface area contributed by atoms with E-state index in [2.05, 4.69) is 25.7 Å². The first-order chi connectivity index (χ1) is 18.7. The van der Waals surface area contributed by atoms with Gasteiger partial charge in [0.2, 0.25) is 5.78 Å². The fourth-order valence-electron chi connectivity index (χ4n) is 7.30. The number of nitrogens with zero attached hydrogens (tertiary/aromatic N) is 1. The number of hydrogen-bond donors (Lipinski definition) is 5. The number of carbonyl (C=O) groups is 3. The molecular weight excluding hydrogens is 516 g/mol. The highest BCUT2D eigenvalue weighted by atomic mass is 16.5. The second-order valence-electron chi connectivity index (χ2n) is 12.8. The molecule has 1 unspecified atom stereocenters. The monoisotopic (exact) mass is 554 g/mol. The molecule has 216 valence electrons. The molecule has 10 nitrogen and oxygen atoms in total. The number of hydrogen-bond acceptors (Lipinski definition) is 9. The van der Waals surface area contributed by atoms with E-state index in [1.165, 1.54) is 13.2 Å². The molecular formula is C30H38N2O8. The highest BCUT2D eigenvalue weighted by Gasteiger charge is 2.59. The number of phenols is 1. The molecule has 1 fully saturated rings. The standard InChI is InChI=1S/C30H38N2O8/c1-29(2,3)16-5-7-32(8-6-16)13-15-11-19(33)22-18(25(15)40-4)10-14-9-17-12-20(34)23(28(31)38)27(37)30(17,39)26(36)21(14)24(22)35/h11,14,16-17,33-34,36,39H,5-10,12-13H2,1-4H3,(H2,31,38)/t14?,17-,30-/m0/s1. The molecule has 3 aliphatic carbocycles. The molecule has 0 bridgehead atoms. The minimum absolute atomic E-state index is 0.0383. The number of primary amides is 1. The van der Waals surface area contributed by atoms with Crippen molar-refractivity contribution in [3.63, 3.8) is 0 Å². The first-order valence-corrected chi connectivity index (χ1v) is 13.8. The van der Waals surface area contributed by atoms with Gasteiger partial charge in [0.15, 0.2) is 11.4 Å². The largest absolute Gasteiger partial charge is 0.511 e. The topological polar surface area (TPSA) is 171 Å². The number of rotatable bonds is 4. The summed E-state index contributed by atoms with van der Waals surface area (Å²) in [4.78, 5) is 41.0. The molecule has 0 spiro atoms. The van der Waals surface area contributed by atoms with E-state index in [1.807, 2.05) is 0 Å². The van der Waals surface area contributed by atoms with Gasteiger partial charge >= 0.3 is 0 Å². The lowest BCUT2D eigenvalue weighted by Crippen LogP contribution is -2.57. The quantitative estimate of drug-likeness (QED) is 0.351. The summed E-state index contributed by atoms with van der Waals surface area (Å²) < 4.78 is 5.80. The molecule has 6 N–H and O–H groups in total. The summed E-state index contributed by atoms with van der Waals surface area (Å²) in [5, 5.41) is 44.0. The van der Waals surface area contributed by atoms with Crippen molar-refractivity contribution in [2.75, 3.05) is 20.2 Å². The van der Waals surface area contributed by atoms with Crippen LogP contribution in [0, 0.1) is 23.2 Å². The summed E-state index contributed by atoms with van der Waals surface area (Å²) in [6.07, 6.45) is 2.17. The van der Waals surface area contributed by atoms with E-state index in [-0.39, 0.29) is 41.6 Å². The molecule has 1 aliphatic heterocycles. The third-order valence-corrected chi connectivity index (χ3v) is 9.50. The lowest BCUT2D eigenvalue weighted by Gasteiger charge is -2.45. The van der Waals surface area contributed by atoms with Gasteiger partial charge in [-0.05, 0) is 62.1 Å². The van der Waals surface area contributed by atoms with E-state index >= 15 is 0 Å². The molecule has 40 heavy (non-hydrogen) atoms. The molecule has 3 atom stereocenters. The summed E-state index contributed by atoms with van der Waals surface area (Å²) in [7, 11) is 1.52. The molecule has 0 aromatic heterocycles. The highest BCUT2D eigenvalue weighted by Crippen LogP contribution is 2.53. The Kier molecular flexibility index (Phi) is 6.78. The Labute approximate surface area is 233 Å². The average molecular weight is 555 g/mol. The zero-order valence-electron chi connectivity index (χ0n) is 23.4. The van der Waals surface area contributed by atoms with Crippen molar-refractivity contribution < 1.29 is 39.5 Å². The maximum absolute atomic E-state index is 13.8. The molecule has 10 heteroatoms. The number of amides is 1. The van der Waals surface area contributed by atoms with Crippen molar-refractivity contribution in [3.05, 3.63) is 45.4 Å². The summed E-state index contributed by atoms with van der Waals surface area (Å²) >= 11 is 0. The molecule has 0 saturated carbocycles. The van der Waals surface area contributed by atoms with Gasteiger partial charge in [-0.3, -0.25) is 19.3 Å². The number of carbonyl (C=O) groups excluding carboxylic acids is 3. The van der Waals surface area contributed by atoms with Crippen molar-refractivity contribution >= 4 is 17.5 Å². The van der Waals surface area contributed by atoms with E-state index < -0.39 is 52.0 Å². The Morgan fingerprint density at radius 2 is 1.80 bits per heavy atom. The first kappa shape index (κ1) is 28.2. The molecule has 1 heterocycles. The van der Waals surface area contributed by atoms with Gasteiger partial charge in [-0.2, -0.15) is 0 Å². The number of fused-ring (bicyclic) bond motifs is 3. The average Bonchev–Trinajstić information content (AvgIpc) is 2.86. The van der Waals surface area contributed by atoms with Crippen molar-refractivity contribution in [2.24, 2.45) is 28.9 Å². The van der Waals surface area contributed by atoms with E-state index in [0.29, 0.717) is 23.8 Å². The Hall–Kier alpha value is -3.37. The van der Waals surface area contributed by atoms with Gasteiger partial charge in [0.25, 0.3) is 5.91 Å². The SMILES string of the molecule is COc1c(CN2CCC(C(C)(C)C)CC2)cc(O)c2c1CC1C[C@H]3CC(O)=C(C(N)=O)C(=O)[C@@]3(O)C(O)=C1C2=O. The van der Waals surface area contributed by atoms with Gasteiger partial charge < -0.3 is 30.9 Å². The van der Waals surface area contributed by atoms with Crippen molar-refractivity contribution in [3.8, 4) is 11.5 Å². The van der Waals surface area contributed by atoms with Crippen LogP contribution in [0.2, 0.25) is 0 Å². The summed E-state index contributed by atoms with van der Waals surface area (Å²) in [6, 6.07) is 1.52. The van der Waals surface area contributed by atoms with Crippen molar-refractivity contribution in [1.82, 2.24) is 4.90 Å². The molecule has 1 aromatic rings. The van der Waals surface area contributed by atoms with Crippen LogP contribution in [0.4, 0.5) is 0 Å². The van der Waals surface area contributed by atoms with E-state index in [4.69, 9.17) is 10.5 Å². The molecule has 1 amide bonds. The van der Waals surface area contributed by atoms with Crippen LogP contribution in [-0.4, -0.2) is 68.6 Å². The molecule has 1 saturated heterocycles. The third-order valence-electron chi connectivity index (χ3n) is 9.50. The number of likely N-dealkylation sites (tertiary alicyclic amines) is 1. The number of ether oxygens (including phenoxy) is 1. The Bertz CT molecular complexity index is 1360. The number of Topliss-reactive ketones (excluding diaryl/α,β-unsaturated/α-hetero) is 2.